The summed E-state index contributed by atoms with van der Waals surface area (Å²) in [4.78, 5) is 2.43. The van der Waals surface area contributed by atoms with Gasteiger partial charge in [0.05, 0.1) is 0 Å². The van der Waals surface area contributed by atoms with Gasteiger partial charge in [-0.15, -0.1) is 0 Å². The van der Waals surface area contributed by atoms with Crippen LogP contribution in [0.3, 0.4) is 0 Å². The van der Waals surface area contributed by atoms with E-state index in [2.05, 4.69) is 36.3 Å². The summed E-state index contributed by atoms with van der Waals surface area (Å²) < 4.78 is 0. The van der Waals surface area contributed by atoms with E-state index in [4.69, 9.17) is 11.6 Å². The first-order chi connectivity index (χ1) is 8.65. The van der Waals surface area contributed by atoms with Crippen molar-refractivity contribution in [3.05, 3.63) is 34.9 Å². The van der Waals surface area contributed by atoms with E-state index in [-0.39, 0.29) is 0 Å². The molecule has 1 aromatic rings. The molecular weight excluding hydrogens is 244 g/mol. The number of nitrogens with one attached hydrogen (secondary N) is 1. The van der Waals surface area contributed by atoms with Gasteiger partial charge in [0.1, 0.15) is 0 Å². The normalized spacial score (nSPS) is 23.6. The molecular formula is C15H23ClN2. The lowest BCUT2D eigenvalue weighted by Crippen LogP contribution is -2.32. The Bertz CT molecular complexity index is 363. The first kappa shape index (κ1) is 13.9. The SMILES string of the molecule is C[C@H](NC1CCCN(C)CC1)c1ccc(Cl)cc1. The predicted octanol–water partition coefficient (Wildman–Crippen LogP) is 3.47. The second kappa shape index (κ2) is 6.55. The first-order valence-corrected chi connectivity index (χ1v) is 7.23. The van der Waals surface area contributed by atoms with Crippen LogP contribution < -0.4 is 5.32 Å². The van der Waals surface area contributed by atoms with Crippen LogP contribution in [0.25, 0.3) is 0 Å². The molecule has 18 heavy (non-hydrogen) atoms. The topological polar surface area (TPSA) is 15.3 Å². The second-order valence-corrected chi connectivity index (χ2v) is 5.81. The lowest BCUT2D eigenvalue weighted by atomic mass is 10.0. The summed E-state index contributed by atoms with van der Waals surface area (Å²) in [7, 11) is 2.21. The zero-order valence-corrected chi connectivity index (χ0v) is 12.1. The van der Waals surface area contributed by atoms with Crippen molar-refractivity contribution in [1.29, 1.82) is 0 Å². The van der Waals surface area contributed by atoms with Crippen LogP contribution >= 0.6 is 11.6 Å². The highest BCUT2D eigenvalue weighted by Crippen LogP contribution is 2.19. The number of halogens is 1. The van der Waals surface area contributed by atoms with Gasteiger partial charge in [-0.2, -0.15) is 0 Å². The molecule has 2 atom stereocenters. The predicted molar refractivity (Wildman–Crippen MR) is 78.1 cm³/mol. The number of benzene rings is 1. The number of likely N-dealkylation sites (tertiary alicyclic amines) is 1. The van der Waals surface area contributed by atoms with Crippen molar-refractivity contribution < 1.29 is 0 Å². The third kappa shape index (κ3) is 3.98. The van der Waals surface area contributed by atoms with Gasteiger partial charge in [0.25, 0.3) is 0 Å². The number of nitrogens with zero attached hydrogens (tertiary/aromatic N) is 1. The largest absolute Gasteiger partial charge is 0.307 e. The molecule has 1 N–H and O–H groups in total. The minimum Gasteiger partial charge on any atom is -0.307 e. The lowest BCUT2D eigenvalue weighted by Gasteiger charge is -2.22. The average molecular weight is 267 g/mol. The van der Waals surface area contributed by atoms with Crippen molar-refractivity contribution in [3.63, 3.8) is 0 Å². The van der Waals surface area contributed by atoms with Gasteiger partial charge in [-0.1, -0.05) is 23.7 Å². The van der Waals surface area contributed by atoms with Crippen molar-refractivity contribution >= 4 is 11.6 Å². The zero-order valence-electron chi connectivity index (χ0n) is 11.3. The van der Waals surface area contributed by atoms with Gasteiger partial charge in [0.2, 0.25) is 0 Å². The highest BCUT2D eigenvalue weighted by molar-refractivity contribution is 6.30. The van der Waals surface area contributed by atoms with E-state index in [1.54, 1.807) is 0 Å². The Morgan fingerprint density at radius 3 is 2.67 bits per heavy atom. The summed E-state index contributed by atoms with van der Waals surface area (Å²) in [5.74, 6) is 0. The summed E-state index contributed by atoms with van der Waals surface area (Å²) in [6.07, 6.45) is 3.82. The monoisotopic (exact) mass is 266 g/mol. The Morgan fingerprint density at radius 1 is 1.22 bits per heavy atom. The van der Waals surface area contributed by atoms with Crippen LogP contribution in [0.4, 0.5) is 0 Å². The van der Waals surface area contributed by atoms with E-state index in [1.165, 1.54) is 37.9 Å². The Hall–Kier alpha value is -0.570. The summed E-state index contributed by atoms with van der Waals surface area (Å²) in [5, 5.41) is 4.55. The fraction of sp³-hybridized carbons (Fsp3) is 0.600. The molecule has 2 nitrogen and oxygen atoms in total. The molecule has 1 unspecified atom stereocenters. The van der Waals surface area contributed by atoms with E-state index >= 15 is 0 Å². The average Bonchev–Trinajstić information content (AvgIpc) is 2.55. The minimum atomic E-state index is 0.399. The molecule has 1 saturated heterocycles. The summed E-state index contributed by atoms with van der Waals surface area (Å²) in [6.45, 7) is 4.66. The lowest BCUT2D eigenvalue weighted by molar-refractivity contribution is 0.340. The fourth-order valence-electron chi connectivity index (χ4n) is 2.61. The van der Waals surface area contributed by atoms with E-state index in [0.29, 0.717) is 12.1 Å². The van der Waals surface area contributed by atoms with E-state index < -0.39 is 0 Å². The van der Waals surface area contributed by atoms with Gasteiger partial charge in [-0.25, -0.2) is 0 Å². The number of rotatable bonds is 3. The van der Waals surface area contributed by atoms with Crippen LogP contribution in [0.1, 0.15) is 37.8 Å². The molecule has 3 heteroatoms. The molecule has 2 rings (SSSR count). The third-order valence-electron chi connectivity index (χ3n) is 3.81. The highest BCUT2D eigenvalue weighted by atomic mass is 35.5. The Kier molecular flexibility index (Phi) is 5.04. The number of hydrogen-bond donors (Lipinski definition) is 1. The van der Waals surface area contributed by atoms with Gasteiger partial charge >= 0.3 is 0 Å². The number of hydrogen-bond acceptors (Lipinski definition) is 2. The quantitative estimate of drug-likeness (QED) is 0.901. The van der Waals surface area contributed by atoms with Gasteiger partial charge in [0.15, 0.2) is 0 Å². The van der Waals surface area contributed by atoms with Crippen LogP contribution in [0.15, 0.2) is 24.3 Å². The highest BCUT2D eigenvalue weighted by Gasteiger charge is 2.17. The second-order valence-electron chi connectivity index (χ2n) is 5.37. The van der Waals surface area contributed by atoms with Gasteiger partial charge in [-0.05, 0) is 64.0 Å². The van der Waals surface area contributed by atoms with Crippen LogP contribution in [0, 0.1) is 0 Å². The molecule has 0 amide bonds. The maximum absolute atomic E-state index is 5.92. The molecule has 0 aromatic heterocycles. The maximum Gasteiger partial charge on any atom is 0.0406 e. The molecule has 0 aliphatic carbocycles. The summed E-state index contributed by atoms with van der Waals surface area (Å²) in [6, 6.07) is 9.20. The van der Waals surface area contributed by atoms with E-state index in [0.717, 1.165) is 5.02 Å². The first-order valence-electron chi connectivity index (χ1n) is 6.85. The van der Waals surface area contributed by atoms with Crippen molar-refractivity contribution in [3.8, 4) is 0 Å². The van der Waals surface area contributed by atoms with E-state index in [9.17, 15) is 0 Å². The molecule has 1 aliphatic heterocycles. The van der Waals surface area contributed by atoms with Crippen LogP contribution in [-0.2, 0) is 0 Å². The van der Waals surface area contributed by atoms with Gasteiger partial charge < -0.3 is 10.2 Å². The van der Waals surface area contributed by atoms with Gasteiger partial charge in [0, 0.05) is 17.1 Å². The summed E-state index contributed by atoms with van der Waals surface area (Å²) in [5.41, 5.74) is 1.32. The van der Waals surface area contributed by atoms with E-state index in [1.807, 2.05) is 12.1 Å². The van der Waals surface area contributed by atoms with Crippen LogP contribution in [0.5, 0.6) is 0 Å². The maximum atomic E-state index is 5.92. The Morgan fingerprint density at radius 2 is 1.94 bits per heavy atom. The standard InChI is InChI=1S/C15H23ClN2/c1-12(13-5-7-14(16)8-6-13)17-15-4-3-10-18(2)11-9-15/h5-8,12,15,17H,3-4,9-11H2,1-2H3/t12-,15?/m0/s1. The van der Waals surface area contributed by atoms with Crippen LogP contribution in [0.2, 0.25) is 5.02 Å². The van der Waals surface area contributed by atoms with Crippen molar-refractivity contribution in [2.75, 3.05) is 20.1 Å². The molecule has 0 radical (unpaired) electrons. The van der Waals surface area contributed by atoms with Crippen molar-refractivity contribution in [1.82, 2.24) is 10.2 Å². The third-order valence-corrected chi connectivity index (χ3v) is 4.06. The Balaban J connectivity index is 1.90. The fourth-order valence-corrected chi connectivity index (χ4v) is 2.73. The zero-order chi connectivity index (χ0) is 13.0. The smallest absolute Gasteiger partial charge is 0.0406 e. The molecule has 1 heterocycles. The molecule has 0 spiro atoms. The van der Waals surface area contributed by atoms with Gasteiger partial charge in [-0.3, -0.25) is 0 Å². The minimum absolute atomic E-state index is 0.399. The molecule has 1 fully saturated rings. The molecule has 1 aromatic carbocycles. The molecule has 0 bridgehead atoms. The molecule has 1 aliphatic rings. The Labute approximate surface area is 115 Å². The molecule has 100 valence electrons. The van der Waals surface area contributed by atoms with Crippen LogP contribution in [-0.4, -0.2) is 31.1 Å². The van der Waals surface area contributed by atoms with Crippen molar-refractivity contribution in [2.45, 2.75) is 38.3 Å². The summed E-state index contributed by atoms with van der Waals surface area (Å²) >= 11 is 5.92. The molecule has 0 saturated carbocycles. The van der Waals surface area contributed by atoms with Crippen molar-refractivity contribution in [2.24, 2.45) is 0 Å².